The number of nitrogens with one attached hydrogen (secondary N) is 2. The van der Waals surface area contributed by atoms with E-state index in [-0.39, 0.29) is 30.6 Å². The van der Waals surface area contributed by atoms with Crippen LogP contribution < -0.4 is 10.6 Å². The minimum absolute atomic E-state index is 0.100. The molecule has 0 aromatic heterocycles. The summed E-state index contributed by atoms with van der Waals surface area (Å²) in [6.45, 7) is 2.17. The lowest BCUT2D eigenvalue weighted by atomic mass is 9.85. The zero-order valence-electron chi connectivity index (χ0n) is 10.7. The maximum absolute atomic E-state index is 11.7. The van der Waals surface area contributed by atoms with Crippen molar-refractivity contribution in [3.05, 3.63) is 0 Å². The van der Waals surface area contributed by atoms with Crippen molar-refractivity contribution in [3.63, 3.8) is 0 Å². The monoisotopic (exact) mass is 260 g/mol. The number of hydrogen-bond donors (Lipinski definition) is 3. The molecule has 1 aliphatic carbocycles. The summed E-state index contributed by atoms with van der Waals surface area (Å²) in [5.74, 6) is 1.15. The van der Waals surface area contributed by atoms with Gasteiger partial charge in [0.25, 0.3) is 0 Å². The molecule has 5 heteroatoms. The van der Waals surface area contributed by atoms with Gasteiger partial charge in [-0.2, -0.15) is 11.8 Å². The first kappa shape index (κ1) is 14.6. The topological polar surface area (TPSA) is 61.4 Å². The van der Waals surface area contributed by atoms with Crippen LogP contribution >= 0.6 is 11.8 Å². The zero-order valence-corrected chi connectivity index (χ0v) is 11.6. The lowest BCUT2D eigenvalue weighted by Crippen LogP contribution is -2.50. The molecule has 2 amide bonds. The van der Waals surface area contributed by atoms with E-state index in [0.29, 0.717) is 0 Å². The van der Waals surface area contributed by atoms with Crippen molar-refractivity contribution >= 4 is 17.8 Å². The molecule has 0 heterocycles. The maximum Gasteiger partial charge on any atom is 0.315 e. The molecule has 0 aromatic rings. The molecule has 1 fully saturated rings. The van der Waals surface area contributed by atoms with Crippen LogP contribution in [0.15, 0.2) is 0 Å². The Labute approximate surface area is 108 Å². The molecule has 1 aliphatic rings. The van der Waals surface area contributed by atoms with Crippen LogP contribution in [-0.2, 0) is 0 Å². The Balaban J connectivity index is 2.33. The lowest BCUT2D eigenvalue weighted by Gasteiger charge is -2.31. The summed E-state index contributed by atoms with van der Waals surface area (Å²) in [6.07, 6.45) is 6.33. The number of aliphatic hydroxyl groups excluding tert-OH is 1. The van der Waals surface area contributed by atoms with Gasteiger partial charge in [0.2, 0.25) is 0 Å². The summed E-state index contributed by atoms with van der Waals surface area (Å²) in [5.41, 5.74) is 0. The number of hydrogen-bond acceptors (Lipinski definition) is 3. The Kier molecular flexibility index (Phi) is 6.73. The van der Waals surface area contributed by atoms with Gasteiger partial charge in [0.1, 0.15) is 0 Å². The zero-order chi connectivity index (χ0) is 12.7. The van der Waals surface area contributed by atoms with E-state index in [4.69, 9.17) is 0 Å². The number of aliphatic hydroxyl groups is 1. The Morgan fingerprint density at radius 1 is 1.47 bits per heavy atom. The van der Waals surface area contributed by atoms with Crippen LogP contribution in [0.25, 0.3) is 0 Å². The van der Waals surface area contributed by atoms with Gasteiger partial charge >= 0.3 is 6.03 Å². The van der Waals surface area contributed by atoms with Gasteiger partial charge in [-0.1, -0.05) is 12.8 Å². The molecule has 3 atom stereocenters. The quantitative estimate of drug-likeness (QED) is 0.703. The molecule has 3 N–H and O–H groups in total. The van der Waals surface area contributed by atoms with E-state index >= 15 is 0 Å². The van der Waals surface area contributed by atoms with E-state index < -0.39 is 0 Å². The van der Waals surface area contributed by atoms with E-state index in [1.165, 1.54) is 0 Å². The molecule has 0 radical (unpaired) electrons. The van der Waals surface area contributed by atoms with Crippen molar-refractivity contribution in [2.45, 2.75) is 44.7 Å². The van der Waals surface area contributed by atoms with Gasteiger partial charge in [-0.25, -0.2) is 4.79 Å². The predicted molar refractivity (Wildman–Crippen MR) is 72.3 cm³/mol. The predicted octanol–water partition coefficient (Wildman–Crippen LogP) is 1.59. The molecule has 0 saturated heterocycles. The standard InChI is InChI=1S/C12H24N2O2S/c1-9(8-17-2)13-12(16)14-11-6-4-3-5-10(11)7-15/h9-11,15H,3-8H2,1-2H3,(H2,13,14,16)/t9-,10+,11-/m0/s1. The number of thioether (sulfide) groups is 1. The second kappa shape index (κ2) is 7.82. The minimum Gasteiger partial charge on any atom is -0.396 e. The number of amides is 2. The van der Waals surface area contributed by atoms with Crippen molar-refractivity contribution in [1.29, 1.82) is 0 Å². The lowest BCUT2D eigenvalue weighted by molar-refractivity contribution is 0.153. The molecule has 4 nitrogen and oxygen atoms in total. The van der Waals surface area contributed by atoms with Crippen LogP contribution in [0.2, 0.25) is 0 Å². The Bertz CT molecular complexity index is 239. The summed E-state index contributed by atoms with van der Waals surface area (Å²) < 4.78 is 0. The molecule has 1 saturated carbocycles. The third-order valence-corrected chi connectivity index (χ3v) is 4.09. The van der Waals surface area contributed by atoms with Crippen molar-refractivity contribution in [1.82, 2.24) is 10.6 Å². The molecule has 0 unspecified atom stereocenters. The smallest absolute Gasteiger partial charge is 0.315 e. The Morgan fingerprint density at radius 3 is 2.82 bits per heavy atom. The highest BCUT2D eigenvalue weighted by Crippen LogP contribution is 2.23. The Morgan fingerprint density at radius 2 is 2.18 bits per heavy atom. The highest BCUT2D eigenvalue weighted by molar-refractivity contribution is 7.98. The summed E-state index contributed by atoms with van der Waals surface area (Å²) in [6, 6.07) is 0.216. The van der Waals surface area contributed by atoms with E-state index in [1.54, 1.807) is 11.8 Å². The number of rotatable bonds is 5. The van der Waals surface area contributed by atoms with E-state index in [0.717, 1.165) is 31.4 Å². The third kappa shape index (κ3) is 5.17. The van der Waals surface area contributed by atoms with E-state index in [9.17, 15) is 9.90 Å². The van der Waals surface area contributed by atoms with Gasteiger partial charge < -0.3 is 15.7 Å². The van der Waals surface area contributed by atoms with Crippen LogP contribution in [0.1, 0.15) is 32.6 Å². The number of carbonyl (C=O) groups is 1. The Hall–Kier alpha value is -0.420. The summed E-state index contributed by atoms with van der Waals surface area (Å²) in [7, 11) is 0. The van der Waals surface area contributed by atoms with Gasteiger partial charge in [0.15, 0.2) is 0 Å². The maximum atomic E-state index is 11.7. The van der Waals surface area contributed by atoms with Crippen LogP contribution in [0.5, 0.6) is 0 Å². The van der Waals surface area contributed by atoms with Crippen LogP contribution in [0.3, 0.4) is 0 Å². The largest absolute Gasteiger partial charge is 0.396 e. The fourth-order valence-corrected chi connectivity index (χ4v) is 2.93. The second-order valence-corrected chi connectivity index (χ2v) is 5.72. The highest BCUT2D eigenvalue weighted by Gasteiger charge is 2.25. The van der Waals surface area contributed by atoms with Crippen LogP contribution in [-0.4, -0.2) is 41.8 Å². The summed E-state index contributed by atoms with van der Waals surface area (Å²) >= 11 is 1.72. The van der Waals surface area contributed by atoms with E-state index in [1.807, 2.05) is 13.2 Å². The molecular formula is C12H24N2O2S. The summed E-state index contributed by atoms with van der Waals surface area (Å²) in [4.78, 5) is 11.7. The molecule has 1 rings (SSSR count). The first-order valence-electron chi connectivity index (χ1n) is 6.34. The van der Waals surface area contributed by atoms with Gasteiger partial charge in [-0.3, -0.25) is 0 Å². The van der Waals surface area contributed by atoms with E-state index in [2.05, 4.69) is 10.6 Å². The molecule has 17 heavy (non-hydrogen) atoms. The average Bonchev–Trinajstić information content (AvgIpc) is 2.29. The van der Waals surface area contributed by atoms with Crippen molar-refractivity contribution in [3.8, 4) is 0 Å². The minimum atomic E-state index is -0.100. The molecule has 0 spiro atoms. The van der Waals surface area contributed by atoms with Gasteiger partial charge in [-0.15, -0.1) is 0 Å². The molecular weight excluding hydrogens is 236 g/mol. The normalized spacial score (nSPS) is 26.3. The number of carbonyl (C=O) groups excluding carboxylic acids is 1. The van der Waals surface area contributed by atoms with Crippen molar-refractivity contribution in [2.75, 3.05) is 18.6 Å². The van der Waals surface area contributed by atoms with Gasteiger partial charge in [0.05, 0.1) is 0 Å². The molecule has 100 valence electrons. The van der Waals surface area contributed by atoms with Crippen molar-refractivity contribution < 1.29 is 9.90 Å². The fraction of sp³-hybridized carbons (Fsp3) is 0.917. The summed E-state index contributed by atoms with van der Waals surface area (Å²) in [5, 5.41) is 15.2. The average molecular weight is 260 g/mol. The van der Waals surface area contributed by atoms with Crippen LogP contribution in [0, 0.1) is 5.92 Å². The fourth-order valence-electron chi connectivity index (χ4n) is 2.34. The van der Waals surface area contributed by atoms with Crippen molar-refractivity contribution in [2.24, 2.45) is 5.92 Å². The van der Waals surface area contributed by atoms with Gasteiger partial charge in [-0.05, 0) is 26.0 Å². The first-order valence-corrected chi connectivity index (χ1v) is 7.73. The molecule has 0 bridgehead atoms. The number of urea groups is 1. The first-order chi connectivity index (χ1) is 8.17. The highest BCUT2D eigenvalue weighted by atomic mass is 32.2. The SMILES string of the molecule is CSC[C@H](C)NC(=O)N[C@H]1CCCC[C@@H]1CO. The molecule has 0 aromatic carbocycles. The second-order valence-electron chi connectivity index (χ2n) is 4.81. The van der Waals surface area contributed by atoms with Gasteiger partial charge in [0, 0.05) is 30.4 Å². The van der Waals surface area contributed by atoms with Crippen LogP contribution in [0.4, 0.5) is 4.79 Å². The molecule has 0 aliphatic heterocycles. The third-order valence-electron chi connectivity index (χ3n) is 3.25.